The number of amides is 1. The average molecular weight is 474 g/mol. The molecule has 0 unspecified atom stereocenters. The quantitative estimate of drug-likeness (QED) is 0.354. The first-order chi connectivity index (χ1) is 16.2. The van der Waals surface area contributed by atoms with Gasteiger partial charge in [0, 0.05) is 6.42 Å². The van der Waals surface area contributed by atoms with Crippen molar-refractivity contribution < 1.29 is 9.21 Å². The fourth-order valence-electron chi connectivity index (χ4n) is 4.44. The molecule has 1 aliphatic rings. The minimum atomic E-state index is -0.621. The summed E-state index contributed by atoms with van der Waals surface area (Å²) in [7, 11) is 0. The number of aryl methyl sites for hydroxylation is 1. The van der Waals surface area contributed by atoms with Crippen LogP contribution in [0.1, 0.15) is 77.5 Å². The summed E-state index contributed by atoms with van der Waals surface area (Å²) in [4.78, 5) is 29.0. The van der Waals surface area contributed by atoms with E-state index in [2.05, 4.69) is 50.0 Å². The Hall–Kier alpha value is -3.32. The van der Waals surface area contributed by atoms with E-state index in [1.54, 1.807) is 11.0 Å². The standard InChI is InChI=1S/C27H27N3O3S/c1-14(2)12-21-28-29-27(34-21)30-23(18-9-7-17(8-10-18)15(3)4)22-24(31)19-13-16(5)6-11-20(19)33-25(22)26(30)32/h6-11,13-15,23H,12H2,1-5H3/t23-/m1/s1. The third-order valence-corrected chi connectivity index (χ3v) is 7.13. The first-order valence-corrected chi connectivity index (χ1v) is 12.4. The fourth-order valence-corrected chi connectivity index (χ4v) is 5.51. The first kappa shape index (κ1) is 22.5. The van der Waals surface area contributed by atoms with Crippen molar-refractivity contribution in [3.8, 4) is 0 Å². The zero-order valence-electron chi connectivity index (χ0n) is 20.0. The molecule has 0 saturated heterocycles. The number of benzene rings is 2. The van der Waals surface area contributed by atoms with Crippen molar-refractivity contribution in [1.29, 1.82) is 0 Å². The number of rotatable bonds is 5. The molecule has 6 nitrogen and oxygen atoms in total. The Labute approximate surface area is 202 Å². The van der Waals surface area contributed by atoms with Gasteiger partial charge in [-0.3, -0.25) is 14.5 Å². The van der Waals surface area contributed by atoms with Gasteiger partial charge in [-0.1, -0.05) is 74.9 Å². The maximum Gasteiger partial charge on any atom is 0.297 e. The molecule has 0 spiro atoms. The smallest absolute Gasteiger partial charge is 0.297 e. The van der Waals surface area contributed by atoms with Gasteiger partial charge in [0.05, 0.1) is 17.0 Å². The molecule has 0 bridgehead atoms. The highest BCUT2D eigenvalue weighted by Gasteiger charge is 2.45. The molecule has 0 radical (unpaired) electrons. The third kappa shape index (κ3) is 3.74. The van der Waals surface area contributed by atoms with Crippen molar-refractivity contribution in [1.82, 2.24) is 10.2 Å². The number of aromatic nitrogens is 2. The molecule has 2 aromatic carbocycles. The Morgan fingerprint density at radius 1 is 1.03 bits per heavy atom. The van der Waals surface area contributed by atoms with E-state index in [9.17, 15) is 9.59 Å². The van der Waals surface area contributed by atoms with Crippen LogP contribution in [0.3, 0.4) is 0 Å². The van der Waals surface area contributed by atoms with Gasteiger partial charge < -0.3 is 4.42 Å². The Morgan fingerprint density at radius 2 is 1.76 bits per heavy atom. The van der Waals surface area contributed by atoms with Gasteiger partial charge in [0.2, 0.25) is 10.9 Å². The molecule has 1 aliphatic heterocycles. The van der Waals surface area contributed by atoms with Crippen LogP contribution in [-0.2, 0) is 6.42 Å². The van der Waals surface area contributed by atoms with Crippen LogP contribution in [0.2, 0.25) is 0 Å². The molecule has 5 rings (SSSR count). The van der Waals surface area contributed by atoms with Crippen LogP contribution in [0.15, 0.2) is 51.7 Å². The largest absolute Gasteiger partial charge is 0.450 e. The third-order valence-electron chi connectivity index (χ3n) is 6.19. The van der Waals surface area contributed by atoms with E-state index in [4.69, 9.17) is 4.42 Å². The second-order valence-corrected chi connectivity index (χ2v) is 10.7. The summed E-state index contributed by atoms with van der Waals surface area (Å²) < 4.78 is 6.05. The van der Waals surface area contributed by atoms with Crippen LogP contribution < -0.4 is 10.3 Å². The zero-order valence-corrected chi connectivity index (χ0v) is 20.8. The van der Waals surface area contributed by atoms with Gasteiger partial charge in [-0.05, 0) is 42.0 Å². The number of nitrogens with zero attached hydrogens (tertiary/aromatic N) is 3. The van der Waals surface area contributed by atoms with Crippen LogP contribution in [0.4, 0.5) is 5.13 Å². The van der Waals surface area contributed by atoms with Crippen LogP contribution in [0, 0.1) is 12.8 Å². The monoisotopic (exact) mass is 473 g/mol. The molecule has 174 valence electrons. The molecular weight excluding hydrogens is 446 g/mol. The molecule has 0 aliphatic carbocycles. The van der Waals surface area contributed by atoms with E-state index in [1.807, 2.05) is 31.2 Å². The molecule has 2 aromatic heterocycles. The van der Waals surface area contributed by atoms with Crippen molar-refractivity contribution in [3.63, 3.8) is 0 Å². The Morgan fingerprint density at radius 3 is 2.44 bits per heavy atom. The van der Waals surface area contributed by atoms with Gasteiger partial charge in [0.25, 0.3) is 5.91 Å². The number of hydrogen-bond donors (Lipinski definition) is 0. The molecular formula is C27H27N3O3S. The number of carbonyl (C=O) groups excluding carboxylic acids is 1. The van der Waals surface area contributed by atoms with E-state index >= 15 is 0 Å². The lowest BCUT2D eigenvalue weighted by Crippen LogP contribution is -2.29. The van der Waals surface area contributed by atoms with Gasteiger partial charge >= 0.3 is 0 Å². The number of fused-ring (bicyclic) bond motifs is 2. The van der Waals surface area contributed by atoms with E-state index in [0.29, 0.717) is 33.5 Å². The molecule has 34 heavy (non-hydrogen) atoms. The maximum absolute atomic E-state index is 13.7. The van der Waals surface area contributed by atoms with Crippen LogP contribution in [-0.4, -0.2) is 16.1 Å². The zero-order chi connectivity index (χ0) is 24.1. The highest BCUT2D eigenvalue weighted by atomic mass is 32.1. The van der Waals surface area contributed by atoms with Gasteiger partial charge in [-0.15, -0.1) is 10.2 Å². The SMILES string of the molecule is Cc1ccc2oc3c(c(=O)c2c1)[C@@H](c1ccc(C(C)C)cc1)N(c1nnc(CC(C)C)s1)C3=O. The van der Waals surface area contributed by atoms with Crippen LogP contribution in [0.25, 0.3) is 11.0 Å². The molecule has 0 N–H and O–H groups in total. The van der Waals surface area contributed by atoms with Crippen molar-refractivity contribution in [2.24, 2.45) is 5.92 Å². The molecule has 1 amide bonds. The molecule has 4 aromatic rings. The van der Waals surface area contributed by atoms with Gasteiger partial charge in [0.15, 0.2) is 5.43 Å². The summed E-state index contributed by atoms with van der Waals surface area (Å²) >= 11 is 1.39. The molecule has 0 saturated carbocycles. The van der Waals surface area contributed by atoms with E-state index in [-0.39, 0.29) is 17.1 Å². The maximum atomic E-state index is 13.7. The highest BCUT2D eigenvalue weighted by molar-refractivity contribution is 7.15. The molecule has 1 atom stereocenters. The van der Waals surface area contributed by atoms with Crippen LogP contribution >= 0.6 is 11.3 Å². The topological polar surface area (TPSA) is 76.3 Å². The highest BCUT2D eigenvalue weighted by Crippen LogP contribution is 2.42. The van der Waals surface area contributed by atoms with E-state index in [1.165, 1.54) is 16.9 Å². The van der Waals surface area contributed by atoms with Crippen molar-refractivity contribution in [2.45, 2.75) is 53.0 Å². The van der Waals surface area contributed by atoms with Gasteiger partial charge in [0.1, 0.15) is 10.6 Å². The number of anilines is 1. The molecule has 3 heterocycles. The Kier molecular flexibility index (Phi) is 5.60. The Balaban J connectivity index is 1.72. The minimum Gasteiger partial charge on any atom is -0.450 e. The van der Waals surface area contributed by atoms with Crippen molar-refractivity contribution in [3.05, 3.63) is 85.7 Å². The molecule has 0 fully saturated rings. The molecule has 7 heteroatoms. The number of hydrogen-bond acceptors (Lipinski definition) is 6. The summed E-state index contributed by atoms with van der Waals surface area (Å²) in [5.74, 6) is 0.518. The van der Waals surface area contributed by atoms with Crippen molar-refractivity contribution >= 4 is 33.3 Å². The minimum absolute atomic E-state index is 0.0832. The normalized spacial score (nSPS) is 15.7. The lowest BCUT2D eigenvalue weighted by molar-refractivity contribution is 0.0970. The predicted octanol–water partition coefficient (Wildman–Crippen LogP) is 6.02. The summed E-state index contributed by atoms with van der Waals surface area (Å²) in [6.45, 7) is 10.4. The predicted molar refractivity (Wildman–Crippen MR) is 135 cm³/mol. The lowest BCUT2D eigenvalue weighted by Gasteiger charge is -2.22. The van der Waals surface area contributed by atoms with Crippen LogP contribution in [0.5, 0.6) is 0 Å². The fraction of sp³-hybridized carbons (Fsp3) is 0.333. The Bertz CT molecular complexity index is 1450. The van der Waals surface area contributed by atoms with Gasteiger partial charge in [-0.2, -0.15) is 0 Å². The summed E-state index contributed by atoms with van der Waals surface area (Å²) in [6, 6.07) is 12.9. The second-order valence-electron chi connectivity index (χ2n) is 9.65. The summed E-state index contributed by atoms with van der Waals surface area (Å²) in [6.07, 6.45) is 0.779. The van der Waals surface area contributed by atoms with E-state index in [0.717, 1.165) is 22.6 Å². The lowest BCUT2D eigenvalue weighted by atomic mass is 9.95. The van der Waals surface area contributed by atoms with Gasteiger partial charge in [-0.25, -0.2) is 0 Å². The number of carbonyl (C=O) groups is 1. The average Bonchev–Trinajstić information content (AvgIpc) is 3.36. The summed E-state index contributed by atoms with van der Waals surface area (Å²) in [5.41, 5.74) is 3.59. The summed E-state index contributed by atoms with van der Waals surface area (Å²) in [5, 5.41) is 10.5. The second kappa shape index (κ2) is 8.47. The first-order valence-electron chi connectivity index (χ1n) is 11.6. The van der Waals surface area contributed by atoms with Crippen molar-refractivity contribution in [2.75, 3.05) is 4.90 Å². The van der Waals surface area contributed by atoms with E-state index < -0.39 is 6.04 Å².